The summed E-state index contributed by atoms with van der Waals surface area (Å²) in [6, 6.07) is 10.5. The van der Waals surface area contributed by atoms with Gasteiger partial charge in [0.05, 0.1) is 12.2 Å². The van der Waals surface area contributed by atoms with Crippen molar-refractivity contribution < 1.29 is 13.9 Å². The summed E-state index contributed by atoms with van der Waals surface area (Å²) in [6.07, 6.45) is 7.57. The van der Waals surface area contributed by atoms with Gasteiger partial charge in [-0.3, -0.25) is 4.79 Å². The fourth-order valence-electron chi connectivity index (χ4n) is 3.13. The monoisotopic (exact) mass is 459 g/mol. The summed E-state index contributed by atoms with van der Waals surface area (Å²) < 4.78 is 11.2. The maximum atomic E-state index is 12.4. The molecule has 2 heterocycles. The summed E-state index contributed by atoms with van der Waals surface area (Å²) in [5.74, 6) is 1.36. The van der Waals surface area contributed by atoms with Crippen LogP contribution in [0.25, 0.3) is 22.1 Å². The van der Waals surface area contributed by atoms with Crippen molar-refractivity contribution in [3.05, 3.63) is 58.0 Å². The van der Waals surface area contributed by atoms with Crippen LogP contribution in [0.2, 0.25) is 5.02 Å². The first kappa shape index (κ1) is 23.4. The van der Waals surface area contributed by atoms with Crippen molar-refractivity contribution in [2.75, 3.05) is 12.4 Å². The summed E-state index contributed by atoms with van der Waals surface area (Å²) in [6.45, 7) is 2.46. The van der Waals surface area contributed by atoms with Crippen LogP contribution in [0.15, 0.2) is 51.8 Å². The first-order chi connectivity index (χ1) is 15.1. The lowest BCUT2D eigenvalue weighted by Gasteiger charge is -2.07. The van der Waals surface area contributed by atoms with Crippen LogP contribution in [-0.4, -0.2) is 22.5 Å². The van der Waals surface area contributed by atoms with Crippen molar-refractivity contribution in [3.63, 3.8) is 0 Å². The zero-order chi connectivity index (χ0) is 22.1. The highest BCUT2D eigenvalue weighted by Crippen LogP contribution is 2.24. The molecule has 0 saturated heterocycles. The van der Waals surface area contributed by atoms with Gasteiger partial charge in [-0.25, -0.2) is 9.78 Å². The van der Waals surface area contributed by atoms with E-state index < -0.39 is 5.63 Å². The fourth-order valence-corrected chi connectivity index (χ4v) is 4.10. The highest BCUT2D eigenvalue weighted by atomic mass is 35.5. The lowest BCUT2D eigenvalue weighted by atomic mass is 10.1. The van der Waals surface area contributed by atoms with Gasteiger partial charge in [-0.1, -0.05) is 61.7 Å². The molecule has 1 aromatic carbocycles. The highest BCUT2D eigenvalue weighted by molar-refractivity contribution is 8.13. The number of aromatic nitrogens is 1. The van der Waals surface area contributed by atoms with E-state index in [1.54, 1.807) is 36.5 Å². The molecule has 0 aliphatic heterocycles. The molecule has 3 aromatic rings. The Bertz CT molecular complexity index is 1080. The van der Waals surface area contributed by atoms with Gasteiger partial charge in [0.25, 0.3) is 0 Å². The van der Waals surface area contributed by atoms with Gasteiger partial charge in [0.1, 0.15) is 5.58 Å². The molecule has 0 fully saturated rings. The van der Waals surface area contributed by atoms with Crippen LogP contribution < -0.4 is 10.4 Å². The Balaban J connectivity index is 1.48. The number of carbonyl (C=O) groups excluding carboxylic acids is 1. The van der Waals surface area contributed by atoms with E-state index in [2.05, 4.69) is 4.98 Å². The van der Waals surface area contributed by atoms with Crippen molar-refractivity contribution in [1.29, 1.82) is 0 Å². The normalized spacial score (nSPS) is 11.0. The summed E-state index contributed by atoms with van der Waals surface area (Å²) in [5.41, 5.74) is 1.17. The zero-order valence-corrected chi connectivity index (χ0v) is 19.1. The molecule has 0 atom stereocenters. The molecular weight excluding hydrogens is 434 g/mol. The van der Waals surface area contributed by atoms with Crippen LogP contribution in [0.4, 0.5) is 0 Å². The van der Waals surface area contributed by atoms with Crippen molar-refractivity contribution in [2.24, 2.45) is 0 Å². The molecule has 0 amide bonds. The topological polar surface area (TPSA) is 69.4 Å². The first-order valence-corrected chi connectivity index (χ1v) is 11.9. The molecule has 31 heavy (non-hydrogen) atoms. The number of fused-ring (bicyclic) bond motifs is 1. The van der Waals surface area contributed by atoms with E-state index in [0.717, 1.165) is 43.2 Å². The smallest absolute Gasteiger partial charge is 0.344 e. The molecule has 0 aliphatic rings. The SMILES string of the molecule is CCC(=O)SCCCCCCCOc1cc2oc(=O)c(-c3cccc(Cl)c3)cc2cn1. The second-order valence-electron chi connectivity index (χ2n) is 7.21. The number of nitrogens with zero attached hydrogens (tertiary/aromatic N) is 1. The van der Waals surface area contributed by atoms with Gasteiger partial charge < -0.3 is 9.15 Å². The predicted octanol–water partition coefficient (Wildman–Crippen LogP) is 6.51. The van der Waals surface area contributed by atoms with Crippen LogP contribution in [0.3, 0.4) is 0 Å². The molecule has 0 N–H and O–H groups in total. The number of pyridine rings is 1. The van der Waals surface area contributed by atoms with Crippen LogP contribution in [0, 0.1) is 0 Å². The molecular formula is C24H26ClNO4S. The van der Waals surface area contributed by atoms with Crippen molar-refractivity contribution in [1.82, 2.24) is 4.98 Å². The van der Waals surface area contributed by atoms with Gasteiger partial charge in [0, 0.05) is 34.8 Å². The number of hydrogen-bond donors (Lipinski definition) is 0. The van der Waals surface area contributed by atoms with E-state index >= 15 is 0 Å². The number of halogens is 1. The van der Waals surface area contributed by atoms with Gasteiger partial charge in [-0.2, -0.15) is 0 Å². The standard InChI is InChI=1S/C24H26ClNO4S/c1-2-23(27)31-12-7-5-3-4-6-11-29-22-15-21-18(16-26-22)14-20(24(28)30-21)17-9-8-10-19(25)13-17/h8-10,13-16H,2-7,11-12H2,1H3. The third kappa shape index (κ3) is 7.11. The third-order valence-corrected chi connectivity index (χ3v) is 6.16. The third-order valence-electron chi connectivity index (χ3n) is 4.82. The van der Waals surface area contributed by atoms with Crippen LogP contribution in [-0.2, 0) is 4.79 Å². The minimum absolute atomic E-state index is 0.271. The Morgan fingerprint density at radius 3 is 2.74 bits per heavy atom. The van der Waals surface area contributed by atoms with Crippen LogP contribution in [0.1, 0.15) is 45.4 Å². The second kappa shape index (κ2) is 11.9. The molecule has 0 saturated carbocycles. The molecule has 3 rings (SSSR count). The number of hydrogen-bond acceptors (Lipinski definition) is 6. The number of benzene rings is 1. The predicted molar refractivity (Wildman–Crippen MR) is 127 cm³/mol. The van der Waals surface area contributed by atoms with Gasteiger partial charge >= 0.3 is 5.63 Å². The quantitative estimate of drug-likeness (QED) is 0.304. The summed E-state index contributed by atoms with van der Waals surface area (Å²) in [4.78, 5) is 28.0. The second-order valence-corrected chi connectivity index (χ2v) is 8.80. The average molecular weight is 460 g/mol. The largest absolute Gasteiger partial charge is 0.478 e. The molecule has 0 unspecified atom stereocenters. The summed E-state index contributed by atoms with van der Waals surface area (Å²) in [5, 5.41) is 1.55. The Labute approximate surface area is 191 Å². The van der Waals surface area contributed by atoms with Crippen LogP contribution in [0.5, 0.6) is 5.88 Å². The van der Waals surface area contributed by atoms with E-state index in [0.29, 0.717) is 40.6 Å². The molecule has 7 heteroatoms. The van der Waals surface area contributed by atoms with Crippen molar-refractivity contribution >= 4 is 39.4 Å². The molecule has 0 spiro atoms. The number of rotatable bonds is 11. The van der Waals surface area contributed by atoms with Gasteiger partial charge in [-0.05, 0) is 36.6 Å². The number of unbranched alkanes of at least 4 members (excludes halogenated alkanes) is 4. The van der Waals surface area contributed by atoms with Gasteiger partial charge in [-0.15, -0.1) is 0 Å². The average Bonchev–Trinajstić information content (AvgIpc) is 2.77. The zero-order valence-electron chi connectivity index (χ0n) is 17.6. The number of thioether (sulfide) groups is 1. The van der Waals surface area contributed by atoms with E-state index in [-0.39, 0.29) is 5.12 Å². The highest BCUT2D eigenvalue weighted by Gasteiger charge is 2.10. The lowest BCUT2D eigenvalue weighted by Crippen LogP contribution is -2.04. The van der Waals surface area contributed by atoms with Gasteiger partial charge in [0.15, 0.2) is 5.12 Å². The fraction of sp³-hybridized carbons (Fsp3) is 0.375. The minimum atomic E-state index is -0.425. The van der Waals surface area contributed by atoms with Gasteiger partial charge in [0.2, 0.25) is 5.88 Å². The maximum Gasteiger partial charge on any atom is 0.344 e. The molecule has 5 nitrogen and oxygen atoms in total. The summed E-state index contributed by atoms with van der Waals surface area (Å²) >= 11 is 7.47. The Morgan fingerprint density at radius 1 is 1.13 bits per heavy atom. The number of ether oxygens (including phenoxy) is 1. The van der Waals surface area contributed by atoms with Crippen molar-refractivity contribution in [2.45, 2.75) is 45.4 Å². The molecule has 0 radical (unpaired) electrons. The van der Waals surface area contributed by atoms with E-state index in [9.17, 15) is 9.59 Å². The molecule has 164 valence electrons. The minimum Gasteiger partial charge on any atom is -0.478 e. The lowest BCUT2D eigenvalue weighted by molar-refractivity contribution is -0.110. The maximum absolute atomic E-state index is 12.4. The van der Waals surface area contributed by atoms with E-state index in [1.165, 1.54) is 11.8 Å². The molecule has 0 bridgehead atoms. The Morgan fingerprint density at radius 2 is 1.94 bits per heavy atom. The van der Waals surface area contributed by atoms with Crippen LogP contribution >= 0.6 is 23.4 Å². The number of carbonyl (C=O) groups is 1. The molecule has 2 aromatic heterocycles. The van der Waals surface area contributed by atoms with Crippen molar-refractivity contribution in [3.8, 4) is 17.0 Å². The summed E-state index contributed by atoms with van der Waals surface area (Å²) in [7, 11) is 0. The molecule has 0 aliphatic carbocycles. The van der Waals surface area contributed by atoms with E-state index in [1.807, 2.05) is 13.0 Å². The van der Waals surface area contributed by atoms with E-state index in [4.69, 9.17) is 20.8 Å². The first-order valence-electron chi connectivity index (χ1n) is 10.5. The Hall–Kier alpha value is -2.31. The Kier molecular flexibility index (Phi) is 8.98.